The first-order chi connectivity index (χ1) is 6.43. The highest BCUT2D eigenvalue weighted by atomic mass is 14.9. The van der Waals surface area contributed by atoms with E-state index in [9.17, 15) is 0 Å². The lowest BCUT2D eigenvalue weighted by Crippen LogP contribution is -1.88. The summed E-state index contributed by atoms with van der Waals surface area (Å²) >= 11 is 0. The molecule has 1 heterocycles. The van der Waals surface area contributed by atoms with Gasteiger partial charge in [0.1, 0.15) is 0 Å². The van der Waals surface area contributed by atoms with Gasteiger partial charge in [0.2, 0.25) is 0 Å². The van der Waals surface area contributed by atoms with Crippen LogP contribution in [0.4, 0.5) is 0 Å². The van der Waals surface area contributed by atoms with Crippen LogP contribution in [0.3, 0.4) is 0 Å². The second-order valence-electron chi connectivity index (χ2n) is 3.51. The smallest absolute Gasteiger partial charge is 0.0391 e. The van der Waals surface area contributed by atoms with Crippen molar-refractivity contribution in [1.82, 2.24) is 5.32 Å². The highest BCUT2D eigenvalue weighted by molar-refractivity contribution is 5.84. The van der Waals surface area contributed by atoms with Gasteiger partial charge in [-0.15, -0.1) is 0 Å². The van der Waals surface area contributed by atoms with Crippen molar-refractivity contribution < 1.29 is 0 Å². The maximum atomic E-state index is 4.37. The Bertz CT molecular complexity index is 417. The van der Waals surface area contributed by atoms with Crippen LogP contribution in [0.2, 0.25) is 0 Å². The zero-order chi connectivity index (χ0) is 8.67. The van der Waals surface area contributed by atoms with Gasteiger partial charge in [0.05, 0.1) is 0 Å². The molecule has 0 aliphatic carbocycles. The molecular formula is C12H10N. The molecule has 0 atom stereocenters. The lowest BCUT2D eigenvalue weighted by molar-refractivity contribution is 0.746. The Hall–Kier alpha value is -1.34. The minimum atomic E-state index is 0.903. The van der Waals surface area contributed by atoms with Crippen LogP contribution in [-0.2, 0) is 13.1 Å². The average Bonchev–Trinajstić information content (AvgIpc) is 2.61. The zero-order valence-electron chi connectivity index (χ0n) is 7.33. The molecule has 0 bridgehead atoms. The fraction of sp³-hybridized carbons (Fsp3) is 0.167. The van der Waals surface area contributed by atoms with E-state index in [2.05, 4.69) is 41.7 Å². The van der Waals surface area contributed by atoms with E-state index >= 15 is 0 Å². The number of nitrogens with zero attached hydrogens (tertiary/aromatic N) is 1. The molecule has 63 valence electrons. The van der Waals surface area contributed by atoms with E-state index in [0.717, 1.165) is 13.1 Å². The van der Waals surface area contributed by atoms with Crippen LogP contribution in [0, 0.1) is 0 Å². The summed E-state index contributed by atoms with van der Waals surface area (Å²) in [6.45, 7) is 1.81. The average molecular weight is 168 g/mol. The molecule has 0 unspecified atom stereocenters. The van der Waals surface area contributed by atoms with Crippen LogP contribution < -0.4 is 5.32 Å². The number of benzene rings is 2. The molecule has 1 aliphatic rings. The Morgan fingerprint density at radius 2 is 1.38 bits per heavy atom. The van der Waals surface area contributed by atoms with Crippen molar-refractivity contribution in [2.45, 2.75) is 13.1 Å². The van der Waals surface area contributed by atoms with E-state index < -0.39 is 0 Å². The molecule has 0 fully saturated rings. The highest BCUT2D eigenvalue weighted by Gasteiger charge is 2.10. The molecule has 0 spiro atoms. The Kier molecular flexibility index (Phi) is 1.41. The quantitative estimate of drug-likeness (QED) is 0.573. The predicted octanol–water partition coefficient (Wildman–Crippen LogP) is 2.46. The van der Waals surface area contributed by atoms with Crippen LogP contribution in [0.25, 0.3) is 10.8 Å². The van der Waals surface area contributed by atoms with Gasteiger partial charge in [-0.1, -0.05) is 24.3 Å². The van der Waals surface area contributed by atoms with E-state index in [0.29, 0.717) is 0 Å². The second-order valence-corrected chi connectivity index (χ2v) is 3.51. The topological polar surface area (TPSA) is 14.1 Å². The first-order valence-corrected chi connectivity index (χ1v) is 4.57. The van der Waals surface area contributed by atoms with Gasteiger partial charge in [-0.05, 0) is 34.0 Å². The maximum absolute atomic E-state index is 4.37. The standard InChI is InChI=1S/C12H10N/c1-2-4-10-6-12-8-13-7-11(12)5-9(10)3-1/h1-6H,7-8H2. The first kappa shape index (κ1) is 7.10. The van der Waals surface area contributed by atoms with Crippen molar-refractivity contribution in [2.75, 3.05) is 0 Å². The van der Waals surface area contributed by atoms with Crippen LogP contribution >= 0.6 is 0 Å². The summed E-state index contributed by atoms with van der Waals surface area (Å²) in [5.41, 5.74) is 2.80. The lowest BCUT2D eigenvalue weighted by Gasteiger charge is -2.01. The monoisotopic (exact) mass is 168 g/mol. The van der Waals surface area contributed by atoms with Crippen LogP contribution in [0.5, 0.6) is 0 Å². The SMILES string of the molecule is c1ccc2cc3c(cc2c1)C[N]C3. The van der Waals surface area contributed by atoms with Gasteiger partial charge >= 0.3 is 0 Å². The Morgan fingerprint density at radius 3 is 1.92 bits per heavy atom. The lowest BCUT2D eigenvalue weighted by atomic mass is 10.0. The van der Waals surface area contributed by atoms with Gasteiger partial charge in [0, 0.05) is 13.1 Å². The van der Waals surface area contributed by atoms with E-state index in [1.165, 1.54) is 21.9 Å². The largest absolute Gasteiger partial charge is 0.232 e. The highest BCUT2D eigenvalue weighted by Crippen LogP contribution is 2.23. The van der Waals surface area contributed by atoms with Crippen molar-refractivity contribution in [1.29, 1.82) is 0 Å². The van der Waals surface area contributed by atoms with Gasteiger partial charge in [-0.25, -0.2) is 5.32 Å². The molecule has 3 rings (SSSR count). The molecule has 0 N–H and O–H groups in total. The van der Waals surface area contributed by atoms with E-state index in [1.807, 2.05) is 0 Å². The Morgan fingerprint density at radius 1 is 0.846 bits per heavy atom. The third-order valence-electron chi connectivity index (χ3n) is 2.63. The summed E-state index contributed by atoms with van der Waals surface area (Å²) in [6.07, 6.45) is 0. The minimum Gasteiger partial charge on any atom is -0.232 e. The molecule has 0 amide bonds. The normalized spacial score (nSPS) is 14.8. The number of fused-ring (bicyclic) bond motifs is 2. The van der Waals surface area contributed by atoms with Gasteiger partial charge < -0.3 is 0 Å². The molecule has 1 radical (unpaired) electrons. The Labute approximate surface area is 77.4 Å². The molecule has 2 aromatic rings. The van der Waals surface area contributed by atoms with Crippen molar-refractivity contribution in [3.63, 3.8) is 0 Å². The van der Waals surface area contributed by atoms with Crippen LogP contribution in [0.1, 0.15) is 11.1 Å². The summed E-state index contributed by atoms with van der Waals surface area (Å²) in [5, 5.41) is 7.04. The predicted molar refractivity (Wildman–Crippen MR) is 53.5 cm³/mol. The number of hydrogen-bond acceptors (Lipinski definition) is 0. The zero-order valence-corrected chi connectivity index (χ0v) is 7.33. The van der Waals surface area contributed by atoms with Crippen molar-refractivity contribution in [3.05, 3.63) is 47.5 Å². The van der Waals surface area contributed by atoms with Gasteiger partial charge in [-0.3, -0.25) is 0 Å². The molecule has 0 saturated carbocycles. The molecule has 1 aliphatic heterocycles. The maximum Gasteiger partial charge on any atom is 0.0391 e. The molecule has 13 heavy (non-hydrogen) atoms. The molecule has 0 saturated heterocycles. The molecule has 1 heteroatoms. The third-order valence-corrected chi connectivity index (χ3v) is 2.63. The summed E-state index contributed by atoms with van der Waals surface area (Å²) < 4.78 is 0. The molecule has 1 nitrogen and oxygen atoms in total. The molecular weight excluding hydrogens is 158 g/mol. The van der Waals surface area contributed by atoms with Crippen LogP contribution in [0.15, 0.2) is 36.4 Å². The summed E-state index contributed by atoms with van der Waals surface area (Å²) in [6, 6.07) is 13.0. The molecule has 2 aromatic carbocycles. The third kappa shape index (κ3) is 1.04. The fourth-order valence-electron chi connectivity index (χ4n) is 1.93. The van der Waals surface area contributed by atoms with Crippen molar-refractivity contribution in [3.8, 4) is 0 Å². The fourth-order valence-corrected chi connectivity index (χ4v) is 1.93. The molecule has 0 aromatic heterocycles. The van der Waals surface area contributed by atoms with E-state index in [1.54, 1.807) is 0 Å². The van der Waals surface area contributed by atoms with Crippen molar-refractivity contribution >= 4 is 10.8 Å². The van der Waals surface area contributed by atoms with Gasteiger partial charge in [0.15, 0.2) is 0 Å². The van der Waals surface area contributed by atoms with Gasteiger partial charge in [0.25, 0.3) is 0 Å². The van der Waals surface area contributed by atoms with E-state index in [-0.39, 0.29) is 0 Å². The van der Waals surface area contributed by atoms with Crippen molar-refractivity contribution in [2.24, 2.45) is 0 Å². The number of rotatable bonds is 0. The summed E-state index contributed by atoms with van der Waals surface area (Å²) in [7, 11) is 0. The summed E-state index contributed by atoms with van der Waals surface area (Å²) in [4.78, 5) is 0. The minimum absolute atomic E-state index is 0.903. The Balaban J connectivity index is 2.36. The second kappa shape index (κ2) is 2.57. The first-order valence-electron chi connectivity index (χ1n) is 4.57. The van der Waals surface area contributed by atoms with E-state index in [4.69, 9.17) is 0 Å². The number of hydrogen-bond donors (Lipinski definition) is 0. The van der Waals surface area contributed by atoms with Gasteiger partial charge in [-0.2, -0.15) is 0 Å². The summed E-state index contributed by atoms with van der Waals surface area (Å²) in [5.74, 6) is 0. The van der Waals surface area contributed by atoms with Crippen LogP contribution in [-0.4, -0.2) is 0 Å².